The van der Waals surface area contributed by atoms with Gasteiger partial charge in [0.2, 0.25) is 5.91 Å². The number of carbonyl (C=O) groups is 2. The second kappa shape index (κ2) is 14.0. The van der Waals surface area contributed by atoms with E-state index in [2.05, 4.69) is 55.3 Å². The average Bonchev–Trinajstić information content (AvgIpc) is 3.59. The molecule has 1 aromatic carbocycles. The van der Waals surface area contributed by atoms with Crippen LogP contribution in [0.15, 0.2) is 42.7 Å². The quantitative estimate of drug-likeness (QED) is 0.241. The monoisotopic (exact) mass is 686 g/mol. The molecule has 4 aliphatic rings. The number of nitrogens with one attached hydrogen (secondary N) is 1. The number of rotatable bonds is 9. The topological polar surface area (TPSA) is 93.7 Å². The van der Waals surface area contributed by atoms with Gasteiger partial charge < -0.3 is 14.8 Å². The molecule has 1 N–H and O–H groups in total. The van der Waals surface area contributed by atoms with E-state index in [1.165, 1.54) is 11.1 Å². The maximum absolute atomic E-state index is 14.6. The number of hydrogen-bond donors (Lipinski definition) is 1. The highest BCUT2D eigenvalue weighted by Gasteiger charge is 2.51. The molecule has 3 aromatic rings. The lowest BCUT2D eigenvalue weighted by Crippen LogP contribution is -2.52. The summed E-state index contributed by atoms with van der Waals surface area (Å²) in [5.41, 5.74) is 3.41. The number of alkyl carbamates (subject to hydrolysis) is 1. The first-order chi connectivity index (χ1) is 23.3. The number of nitrogens with zero attached hydrogens (tertiary/aromatic N) is 3. The Kier molecular flexibility index (Phi) is 10.1. The molecule has 9 heteroatoms. The number of pyridine rings is 1. The van der Waals surface area contributed by atoms with Gasteiger partial charge in [-0.2, -0.15) is 0 Å². The molecule has 49 heavy (non-hydrogen) atoms. The highest BCUT2D eigenvalue weighted by molar-refractivity contribution is 7.15. The number of fused-ring (bicyclic) bond motifs is 3. The van der Waals surface area contributed by atoms with Crippen molar-refractivity contribution >= 4 is 29.2 Å². The van der Waals surface area contributed by atoms with Crippen LogP contribution in [-0.2, 0) is 14.9 Å². The van der Waals surface area contributed by atoms with E-state index in [-0.39, 0.29) is 34.8 Å². The zero-order valence-electron chi connectivity index (χ0n) is 30.4. The normalized spacial score (nSPS) is 25.2. The fourth-order valence-electron chi connectivity index (χ4n) is 8.34. The van der Waals surface area contributed by atoms with Crippen LogP contribution in [0.25, 0.3) is 10.4 Å². The van der Waals surface area contributed by atoms with Crippen molar-refractivity contribution in [2.75, 3.05) is 18.6 Å². The fourth-order valence-corrected chi connectivity index (χ4v) is 9.25. The molecule has 2 aromatic heterocycles. The van der Waals surface area contributed by atoms with Crippen LogP contribution < -0.4 is 15.0 Å². The molecule has 4 saturated carbocycles. The second-order valence-corrected chi connectivity index (χ2v) is 17.3. The number of ether oxygens (including phenoxy) is 2. The van der Waals surface area contributed by atoms with Crippen molar-refractivity contribution in [2.45, 2.75) is 129 Å². The first-order valence-electron chi connectivity index (χ1n) is 18.2. The van der Waals surface area contributed by atoms with Crippen LogP contribution in [0, 0.1) is 18.3 Å². The fraction of sp³-hybridized carbons (Fsp3) is 0.600. The molecule has 0 atom stereocenters. The minimum Gasteiger partial charge on any atom is -0.496 e. The van der Waals surface area contributed by atoms with Crippen molar-refractivity contribution in [1.29, 1.82) is 0 Å². The number of benzene rings is 1. The highest BCUT2D eigenvalue weighted by Crippen LogP contribution is 2.58. The van der Waals surface area contributed by atoms with Crippen molar-refractivity contribution in [2.24, 2.45) is 11.3 Å². The molecule has 8 nitrogen and oxygen atoms in total. The predicted molar refractivity (Wildman–Crippen MR) is 196 cm³/mol. The number of anilines is 1. The summed E-state index contributed by atoms with van der Waals surface area (Å²) in [6.45, 7) is 12.8. The summed E-state index contributed by atoms with van der Waals surface area (Å²) in [6.07, 6.45) is 13.1. The molecule has 4 aliphatic carbocycles. The lowest BCUT2D eigenvalue weighted by molar-refractivity contribution is -0.124. The standard InChI is InChI=1S/C40H54N4O4S/c1-26(2)35-42-24-33(49-35)29-14-21-41-34(23-29)44(36(45)28-8-11-31(12-9-28)43-37(46)48-38(4,5)6)25-39-15-18-40(19-16-39,20-17-39)30-10-13-32(47-7)27(3)22-30/h10,13-14,21-24,26,28,31H,8-9,11-12,15-20,25H2,1-7H3,(H,43,46). The van der Waals surface area contributed by atoms with Gasteiger partial charge in [-0.1, -0.05) is 26.0 Å². The van der Waals surface area contributed by atoms with E-state index in [1.807, 2.05) is 44.1 Å². The minimum atomic E-state index is -0.542. The number of amides is 2. The molecule has 4 fully saturated rings. The Morgan fingerprint density at radius 2 is 1.69 bits per heavy atom. The van der Waals surface area contributed by atoms with Gasteiger partial charge >= 0.3 is 6.09 Å². The Bertz CT molecular complexity index is 1630. The zero-order chi connectivity index (χ0) is 35.0. The van der Waals surface area contributed by atoms with E-state index in [0.29, 0.717) is 12.5 Å². The SMILES string of the molecule is COc1ccc(C23CCC(CN(C(=O)C4CCC(NC(=O)OC(C)(C)C)CC4)c4cc(-c5cnc(C(C)C)s5)ccn4)(CC2)CC3)cc1C. The molecule has 2 heterocycles. The molecule has 0 spiro atoms. The van der Waals surface area contributed by atoms with Gasteiger partial charge in [0.25, 0.3) is 0 Å². The number of methoxy groups -OCH3 is 1. The van der Waals surface area contributed by atoms with Crippen LogP contribution in [0.4, 0.5) is 10.6 Å². The minimum absolute atomic E-state index is 0.0141. The second-order valence-electron chi connectivity index (χ2n) is 16.2. The zero-order valence-corrected chi connectivity index (χ0v) is 31.3. The van der Waals surface area contributed by atoms with Gasteiger partial charge in [0, 0.05) is 36.8 Å². The van der Waals surface area contributed by atoms with Gasteiger partial charge in [0.05, 0.1) is 17.0 Å². The van der Waals surface area contributed by atoms with Gasteiger partial charge in [0.15, 0.2) is 0 Å². The predicted octanol–water partition coefficient (Wildman–Crippen LogP) is 9.35. The molecule has 0 saturated heterocycles. The molecule has 2 amide bonds. The Labute approximate surface area is 296 Å². The first kappa shape index (κ1) is 35.4. The smallest absolute Gasteiger partial charge is 0.407 e. The Morgan fingerprint density at radius 1 is 1.00 bits per heavy atom. The third-order valence-corrected chi connectivity index (χ3v) is 12.6. The number of hydrogen-bond acceptors (Lipinski definition) is 7. The van der Waals surface area contributed by atoms with Gasteiger partial charge in [0.1, 0.15) is 17.2 Å². The maximum Gasteiger partial charge on any atom is 0.407 e. The number of aryl methyl sites for hydroxylation is 1. The molecule has 0 unspecified atom stereocenters. The molecule has 7 rings (SSSR count). The maximum atomic E-state index is 14.6. The number of carbonyl (C=O) groups excluding carboxylic acids is 2. The van der Waals surface area contributed by atoms with Gasteiger partial charge in [-0.25, -0.2) is 14.8 Å². The summed E-state index contributed by atoms with van der Waals surface area (Å²) in [6, 6.07) is 10.9. The largest absolute Gasteiger partial charge is 0.496 e. The lowest BCUT2D eigenvalue weighted by Gasteiger charge is -2.55. The molecular formula is C40H54N4O4S. The van der Waals surface area contributed by atoms with Crippen LogP contribution in [-0.4, -0.2) is 47.3 Å². The van der Waals surface area contributed by atoms with E-state index in [4.69, 9.17) is 14.5 Å². The van der Waals surface area contributed by atoms with Gasteiger partial charge in [-0.15, -0.1) is 11.3 Å². The van der Waals surface area contributed by atoms with Crippen LogP contribution in [0.2, 0.25) is 0 Å². The van der Waals surface area contributed by atoms with E-state index >= 15 is 0 Å². The van der Waals surface area contributed by atoms with E-state index < -0.39 is 5.60 Å². The molecule has 0 aliphatic heterocycles. The number of thiazole rings is 1. The van der Waals surface area contributed by atoms with Crippen LogP contribution in [0.5, 0.6) is 5.75 Å². The molecule has 0 radical (unpaired) electrons. The number of aromatic nitrogens is 2. The lowest BCUT2D eigenvalue weighted by atomic mass is 9.51. The third-order valence-electron chi connectivity index (χ3n) is 11.3. The Morgan fingerprint density at radius 3 is 2.29 bits per heavy atom. The van der Waals surface area contributed by atoms with Crippen LogP contribution in [0.1, 0.15) is 121 Å². The Hall–Kier alpha value is -3.46. The van der Waals surface area contributed by atoms with Crippen LogP contribution in [0.3, 0.4) is 0 Å². The van der Waals surface area contributed by atoms with E-state index in [9.17, 15) is 9.59 Å². The summed E-state index contributed by atoms with van der Waals surface area (Å²) in [7, 11) is 1.74. The summed E-state index contributed by atoms with van der Waals surface area (Å²) in [4.78, 5) is 39.7. The van der Waals surface area contributed by atoms with Gasteiger partial charge in [-0.05, 0) is 138 Å². The van der Waals surface area contributed by atoms with Crippen molar-refractivity contribution in [3.8, 4) is 16.2 Å². The molecule has 2 bridgehead atoms. The van der Waals surface area contributed by atoms with Crippen molar-refractivity contribution < 1.29 is 19.1 Å². The van der Waals surface area contributed by atoms with Gasteiger partial charge in [-0.3, -0.25) is 9.69 Å². The molecular weight excluding hydrogens is 633 g/mol. The summed E-state index contributed by atoms with van der Waals surface area (Å²) in [5, 5.41) is 4.14. The van der Waals surface area contributed by atoms with Crippen LogP contribution >= 0.6 is 11.3 Å². The molecule has 264 valence electrons. The van der Waals surface area contributed by atoms with E-state index in [0.717, 1.165) is 91.2 Å². The average molecular weight is 687 g/mol. The van der Waals surface area contributed by atoms with E-state index in [1.54, 1.807) is 18.4 Å². The van der Waals surface area contributed by atoms with Crippen molar-refractivity contribution in [3.63, 3.8) is 0 Å². The summed E-state index contributed by atoms with van der Waals surface area (Å²) in [5.74, 6) is 2.10. The van der Waals surface area contributed by atoms with Crippen molar-refractivity contribution in [3.05, 3.63) is 58.9 Å². The third kappa shape index (κ3) is 7.82. The summed E-state index contributed by atoms with van der Waals surface area (Å²) >= 11 is 1.71. The van der Waals surface area contributed by atoms with Crippen molar-refractivity contribution in [1.82, 2.24) is 15.3 Å². The first-order valence-corrected chi connectivity index (χ1v) is 19.0. The highest BCUT2D eigenvalue weighted by atomic mass is 32.1. The summed E-state index contributed by atoms with van der Waals surface area (Å²) < 4.78 is 11.0. The Balaban J connectivity index is 1.22.